The Kier molecular flexibility index (Phi) is 6.82. The van der Waals surface area contributed by atoms with Crippen molar-refractivity contribution in [3.63, 3.8) is 0 Å². The summed E-state index contributed by atoms with van der Waals surface area (Å²) in [5.41, 5.74) is 0.220. The van der Waals surface area contributed by atoms with Crippen molar-refractivity contribution in [2.24, 2.45) is 5.41 Å². The molecule has 0 bridgehead atoms. The molecule has 0 aliphatic carbocycles. The van der Waals surface area contributed by atoms with Crippen molar-refractivity contribution in [3.8, 4) is 0 Å². The van der Waals surface area contributed by atoms with Crippen molar-refractivity contribution in [2.45, 2.75) is 39.0 Å². The molecule has 1 aromatic heterocycles. The van der Waals surface area contributed by atoms with E-state index in [1.165, 1.54) is 0 Å². The van der Waals surface area contributed by atoms with Gasteiger partial charge in [-0.1, -0.05) is 13.8 Å². The molecule has 0 aliphatic heterocycles. The summed E-state index contributed by atoms with van der Waals surface area (Å²) in [5, 5.41) is 12.3. The zero-order valence-electron chi connectivity index (χ0n) is 11.7. The standard InChI is InChI=1S/C14H25NO2S/c1-14(2,7-4-8-16)11-15-9-12-5-6-13(17-12)10-18-3/h5-6,15-16H,4,7-11H2,1-3H3. The molecule has 0 aliphatic rings. The molecule has 1 aromatic rings. The molecule has 0 spiro atoms. The Bertz CT molecular complexity index is 336. The summed E-state index contributed by atoms with van der Waals surface area (Å²) in [4.78, 5) is 0. The van der Waals surface area contributed by atoms with E-state index in [1.807, 2.05) is 12.1 Å². The summed E-state index contributed by atoms with van der Waals surface area (Å²) in [6, 6.07) is 4.09. The summed E-state index contributed by atoms with van der Waals surface area (Å²) in [7, 11) is 0. The highest BCUT2D eigenvalue weighted by molar-refractivity contribution is 7.97. The molecule has 2 N–H and O–H groups in total. The van der Waals surface area contributed by atoms with Crippen LogP contribution in [0.4, 0.5) is 0 Å². The van der Waals surface area contributed by atoms with Crippen molar-refractivity contribution in [1.82, 2.24) is 5.32 Å². The van der Waals surface area contributed by atoms with Gasteiger partial charge in [-0.3, -0.25) is 0 Å². The molecule has 0 saturated heterocycles. The first-order valence-electron chi connectivity index (χ1n) is 6.45. The molecule has 1 heterocycles. The van der Waals surface area contributed by atoms with E-state index in [-0.39, 0.29) is 12.0 Å². The Morgan fingerprint density at radius 1 is 1.33 bits per heavy atom. The van der Waals surface area contributed by atoms with E-state index in [9.17, 15) is 0 Å². The van der Waals surface area contributed by atoms with Crippen LogP contribution >= 0.6 is 11.8 Å². The number of nitrogens with one attached hydrogen (secondary N) is 1. The normalized spacial score (nSPS) is 12.0. The van der Waals surface area contributed by atoms with Gasteiger partial charge in [0, 0.05) is 13.2 Å². The van der Waals surface area contributed by atoms with E-state index in [0.717, 1.165) is 43.2 Å². The SMILES string of the molecule is CSCc1ccc(CNCC(C)(C)CCCO)o1. The third-order valence-corrected chi connectivity index (χ3v) is 3.49. The lowest BCUT2D eigenvalue weighted by atomic mass is 9.88. The van der Waals surface area contributed by atoms with Gasteiger partial charge in [0.2, 0.25) is 0 Å². The molecular weight excluding hydrogens is 246 g/mol. The summed E-state index contributed by atoms with van der Waals surface area (Å²) < 4.78 is 5.70. The second kappa shape index (κ2) is 7.87. The first kappa shape index (κ1) is 15.6. The zero-order chi connectivity index (χ0) is 13.4. The molecule has 1 rings (SSSR count). The van der Waals surface area contributed by atoms with Crippen molar-refractivity contribution in [3.05, 3.63) is 23.7 Å². The Morgan fingerprint density at radius 3 is 2.72 bits per heavy atom. The van der Waals surface area contributed by atoms with Crippen LogP contribution in [0, 0.1) is 5.41 Å². The predicted molar refractivity (Wildman–Crippen MR) is 77.7 cm³/mol. The van der Waals surface area contributed by atoms with Gasteiger partial charge in [-0.25, -0.2) is 0 Å². The maximum atomic E-state index is 8.85. The quantitative estimate of drug-likeness (QED) is 0.724. The average Bonchev–Trinajstić information content (AvgIpc) is 2.75. The molecule has 3 nitrogen and oxygen atoms in total. The zero-order valence-corrected chi connectivity index (χ0v) is 12.5. The molecular formula is C14H25NO2S. The van der Waals surface area contributed by atoms with E-state index < -0.39 is 0 Å². The minimum atomic E-state index is 0.220. The van der Waals surface area contributed by atoms with Crippen LogP contribution in [0.3, 0.4) is 0 Å². The number of hydrogen-bond acceptors (Lipinski definition) is 4. The number of thioether (sulfide) groups is 1. The molecule has 18 heavy (non-hydrogen) atoms. The summed E-state index contributed by atoms with van der Waals surface area (Å²) >= 11 is 1.77. The first-order valence-corrected chi connectivity index (χ1v) is 7.85. The van der Waals surface area contributed by atoms with Crippen LogP contribution in [-0.2, 0) is 12.3 Å². The van der Waals surface area contributed by atoms with Gasteiger partial charge >= 0.3 is 0 Å². The highest BCUT2D eigenvalue weighted by atomic mass is 32.2. The fourth-order valence-electron chi connectivity index (χ4n) is 1.91. The fraction of sp³-hybridized carbons (Fsp3) is 0.714. The van der Waals surface area contributed by atoms with Crippen LogP contribution in [0.5, 0.6) is 0 Å². The predicted octanol–water partition coefficient (Wildman–Crippen LogP) is 3.03. The van der Waals surface area contributed by atoms with E-state index >= 15 is 0 Å². The highest BCUT2D eigenvalue weighted by Crippen LogP contribution is 2.21. The van der Waals surface area contributed by atoms with Gasteiger partial charge in [-0.05, 0) is 36.6 Å². The fourth-order valence-corrected chi connectivity index (χ4v) is 2.35. The topological polar surface area (TPSA) is 45.4 Å². The average molecular weight is 271 g/mol. The Morgan fingerprint density at radius 2 is 2.06 bits per heavy atom. The van der Waals surface area contributed by atoms with Crippen molar-refractivity contribution < 1.29 is 9.52 Å². The maximum Gasteiger partial charge on any atom is 0.118 e. The van der Waals surface area contributed by atoms with Gasteiger partial charge in [0.05, 0.1) is 12.3 Å². The monoisotopic (exact) mass is 271 g/mol. The number of aliphatic hydroxyl groups excluding tert-OH is 1. The molecule has 0 atom stereocenters. The van der Waals surface area contributed by atoms with Crippen LogP contribution in [0.1, 0.15) is 38.2 Å². The largest absolute Gasteiger partial charge is 0.464 e. The molecule has 0 amide bonds. The second-order valence-electron chi connectivity index (χ2n) is 5.40. The number of hydrogen-bond donors (Lipinski definition) is 2. The molecule has 0 fully saturated rings. The van der Waals surface area contributed by atoms with Gasteiger partial charge in [-0.2, -0.15) is 11.8 Å². The van der Waals surface area contributed by atoms with Gasteiger partial charge in [0.1, 0.15) is 11.5 Å². The maximum absolute atomic E-state index is 8.85. The number of furan rings is 1. The van der Waals surface area contributed by atoms with Gasteiger partial charge < -0.3 is 14.8 Å². The first-order chi connectivity index (χ1) is 8.57. The molecule has 0 aromatic carbocycles. The van der Waals surface area contributed by atoms with Crippen LogP contribution in [0.15, 0.2) is 16.5 Å². The van der Waals surface area contributed by atoms with Crippen molar-refractivity contribution in [1.29, 1.82) is 0 Å². The van der Waals surface area contributed by atoms with E-state index in [0.29, 0.717) is 0 Å². The number of rotatable bonds is 9. The molecule has 0 saturated carbocycles. The van der Waals surface area contributed by atoms with Gasteiger partial charge in [0.15, 0.2) is 0 Å². The van der Waals surface area contributed by atoms with Crippen LogP contribution in [0.2, 0.25) is 0 Å². The van der Waals surface area contributed by atoms with Gasteiger partial charge in [0.25, 0.3) is 0 Å². The smallest absolute Gasteiger partial charge is 0.118 e. The Hall–Kier alpha value is -0.450. The minimum absolute atomic E-state index is 0.220. The Balaban J connectivity index is 2.27. The highest BCUT2D eigenvalue weighted by Gasteiger charge is 2.16. The molecule has 0 radical (unpaired) electrons. The number of aliphatic hydroxyl groups is 1. The third-order valence-electron chi connectivity index (χ3n) is 2.92. The summed E-state index contributed by atoms with van der Waals surface area (Å²) in [6.45, 7) is 6.43. The van der Waals surface area contributed by atoms with E-state index in [1.54, 1.807) is 11.8 Å². The van der Waals surface area contributed by atoms with E-state index in [2.05, 4.69) is 25.4 Å². The Labute approximate surface area is 114 Å². The van der Waals surface area contributed by atoms with Crippen LogP contribution in [-0.4, -0.2) is 24.5 Å². The summed E-state index contributed by atoms with van der Waals surface area (Å²) in [6.07, 6.45) is 3.98. The molecule has 0 unspecified atom stereocenters. The van der Waals surface area contributed by atoms with Crippen molar-refractivity contribution in [2.75, 3.05) is 19.4 Å². The second-order valence-corrected chi connectivity index (χ2v) is 6.26. The summed E-state index contributed by atoms with van der Waals surface area (Å²) in [5.74, 6) is 2.97. The lowest BCUT2D eigenvalue weighted by Gasteiger charge is -2.24. The van der Waals surface area contributed by atoms with Crippen LogP contribution < -0.4 is 5.32 Å². The lowest BCUT2D eigenvalue weighted by Crippen LogP contribution is -2.29. The van der Waals surface area contributed by atoms with Gasteiger partial charge in [-0.15, -0.1) is 0 Å². The third kappa shape index (κ3) is 5.94. The minimum Gasteiger partial charge on any atom is -0.464 e. The lowest BCUT2D eigenvalue weighted by molar-refractivity contribution is 0.235. The molecule has 4 heteroatoms. The van der Waals surface area contributed by atoms with Crippen LogP contribution in [0.25, 0.3) is 0 Å². The molecule has 104 valence electrons. The van der Waals surface area contributed by atoms with Crippen molar-refractivity contribution >= 4 is 11.8 Å². The van der Waals surface area contributed by atoms with E-state index in [4.69, 9.17) is 9.52 Å².